The molecule has 5 heteroatoms. The Morgan fingerprint density at radius 3 is 0.943 bits per heavy atom. The van der Waals surface area contributed by atoms with Crippen LogP contribution >= 0.6 is 0 Å². The van der Waals surface area contributed by atoms with Gasteiger partial charge in [-0.05, 0) is 89.9 Å². The van der Waals surface area contributed by atoms with Crippen LogP contribution in [0.5, 0.6) is 0 Å². The second-order valence-corrected chi connectivity index (χ2v) is 20.0. The Hall–Kier alpha value is -2.92. The number of aliphatic hydroxyl groups is 1. The number of aliphatic hydroxyl groups excluding tert-OH is 1. The van der Waals surface area contributed by atoms with Gasteiger partial charge in [-0.15, -0.1) is 0 Å². The van der Waals surface area contributed by atoms with E-state index in [0.717, 1.165) is 83.5 Å². The number of carbonyl (C=O) groups is 2. The van der Waals surface area contributed by atoms with Crippen molar-refractivity contribution >= 4 is 11.9 Å². The molecular weight excluding hydrogens is 861 g/mol. The molecule has 0 aliphatic carbocycles. The van der Waals surface area contributed by atoms with Crippen LogP contribution in [0.1, 0.15) is 296 Å². The fraction of sp³-hybridized carbons (Fsp3) is 0.754. The lowest BCUT2D eigenvalue weighted by molar-refractivity contribution is -0.161. The van der Waals surface area contributed by atoms with Crippen molar-refractivity contribution in [1.82, 2.24) is 0 Å². The van der Waals surface area contributed by atoms with Crippen molar-refractivity contribution in [3.63, 3.8) is 0 Å². The highest BCUT2D eigenvalue weighted by Crippen LogP contribution is 2.17. The first kappa shape index (κ1) is 67.1. The number of allylic oxidation sites excluding steroid dienone is 14. The summed E-state index contributed by atoms with van der Waals surface area (Å²) in [6.07, 6.45) is 84.3. The Morgan fingerprint density at radius 1 is 0.343 bits per heavy atom. The molecule has 0 saturated carbocycles. The zero-order chi connectivity index (χ0) is 50.6. The lowest BCUT2D eigenvalue weighted by atomic mass is 10.0. The summed E-state index contributed by atoms with van der Waals surface area (Å²) < 4.78 is 10.7. The second-order valence-electron chi connectivity index (χ2n) is 20.0. The number of esters is 2. The molecule has 0 fully saturated rings. The van der Waals surface area contributed by atoms with E-state index in [-0.39, 0.29) is 25.2 Å². The third-order valence-electron chi connectivity index (χ3n) is 13.2. The highest BCUT2D eigenvalue weighted by molar-refractivity contribution is 5.70. The van der Waals surface area contributed by atoms with E-state index in [1.165, 1.54) is 186 Å². The average Bonchev–Trinajstić information content (AvgIpc) is 3.36. The van der Waals surface area contributed by atoms with Crippen molar-refractivity contribution in [1.29, 1.82) is 0 Å². The average molecular weight is 976 g/mol. The van der Waals surface area contributed by atoms with E-state index in [1.807, 2.05) is 0 Å². The van der Waals surface area contributed by atoms with Gasteiger partial charge in [0.25, 0.3) is 0 Å². The molecule has 0 spiro atoms. The molecule has 70 heavy (non-hydrogen) atoms. The number of ether oxygens (including phenoxy) is 2. The van der Waals surface area contributed by atoms with Crippen LogP contribution in [0.2, 0.25) is 0 Å². The molecule has 0 amide bonds. The highest BCUT2D eigenvalue weighted by Gasteiger charge is 2.16. The van der Waals surface area contributed by atoms with Gasteiger partial charge in [-0.1, -0.05) is 279 Å². The fourth-order valence-electron chi connectivity index (χ4n) is 8.67. The zero-order valence-electron chi connectivity index (χ0n) is 46.3. The maximum absolute atomic E-state index is 12.3. The lowest BCUT2D eigenvalue weighted by Crippen LogP contribution is -2.28. The molecule has 0 bridgehead atoms. The Morgan fingerprint density at radius 2 is 0.614 bits per heavy atom. The van der Waals surface area contributed by atoms with Gasteiger partial charge < -0.3 is 14.6 Å². The monoisotopic (exact) mass is 975 g/mol. The van der Waals surface area contributed by atoms with E-state index in [0.29, 0.717) is 12.8 Å². The Labute approximate surface area is 435 Å². The number of hydrogen-bond acceptors (Lipinski definition) is 5. The van der Waals surface area contributed by atoms with E-state index < -0.39 is 6.10 Å². The lowest BCUT2D eigenvalue weighted by Gasteiger charge is -2.15. The largest absolute Gasteiger partial charge is 0.462 e. The molecule has 0 radical (unpaired) electrons. The normalized spacial score (nSPS) is 12.8. The molecule has 0 saturated heterocycles. The molecule has 0 aliphatic heterocycles. The Kier molecular flexibility index (Phi) is 57.9. The predicted molar refractivity (Wildman–Crippen MR) is 306 cm³/mol. The molecular formula is C65H114O5. The first-order chi connectivity index (χ1) is 34.6. The van der Waals surface area contributed by atoms with Crippen molar-refractivity contribution in [2.24, 2.45) is 0 Å². The van der Waals surface area contributed by atoms with Crippen molar-refractivity contribution < 1.29 is 24.2 Å². The quantitative estimate of drug-likeness (QED) is 0.0373. The van der Waals surface area contributed by atoms with Crippen molar-refractivity contribution in [2.75, 3.05) is 13.2 Å². The molecule has 0 rings (SSSR count). The third kappa shape index (κ3) is 57.7. The molecule has 0 aromatic carbocycles. The molecule has 1 unspecified atom stereocenters. The topological polar surface area (TPSA) is 72.8 Å². The summed E-state index contributed by atoms with van der Waals surface area (Å²) in [5, 5.41) is 9.66. The smallest absolute Gasteiger partial charge is 0.306 e. The summed E-state index contributed by atoms with van der Waals surface area (Å²) in [4.78, 5) is 24.6. The van der Waals surface area contributed by atoms with Crippen LogP contribution in [0.15, 0.2) is 85.1 Å². The van der Waals surface area contributed by atoms with Gasteiger partial charge in [-0.2, -0.15) is 0 Å². The number of carbonyl (C=O) groups excluding carboxylic acids is 2. The van der Waals surface area contributed by atoms with Crippen LogP contribution < -0.4 is 0 Å². The summed E-state index contributed by atoms with van der Waals surface area (Å²) in [6, 6.07) is 0. The molecule has 1 atom stereocenters. The number of hydrogen-bond donors (Lipinski definition) is 1. The van der Waals surface area contributed by atoms with Gasteiger partial charge in [-0.3, -0.25) is 9.59 Å². The van der Waals surface area contributed by atoms with Crippen molar-refractivity contribution in [3.05, 3.63) is 85.1 Å². The van der Waals surface area contributed by atoms with E-state index in [9.17, 15) is 14.7 Å². The molecule has 0 heterocycles. The molecule has 5 nitrogen and oxygen atoms in total. The van der Waals surface area contributed by atoms with Gasteiger partial charge in [0.1, 0.15) is 6.61 Å². The van der Waals surface area contributed by atoms with Crippen LogP contribution in [-0.2, 0) is 19.1 Å². The summed E-state index contributed by atoms with van der Waals surface area (Å²) in [6.45, 7) is 4.04. The molecule has 0 aromatic rings. The Bertz CT molecular complexity index is 1290. The van der Waals surface area contributed by atoms with Crippen LogP contribution in [0.25, 0.3) is 0 Å². The maximum atomic E-state index is 12.3. The van der Waals surface area contributed by atoms with E-state index in [1.54, 1.807) is 0 Å². The summed E-state index contributed by atoms with van der Waals surface area (Å²) in [5.41, 5.74) is 0. The first-order valence-electron chi connectivity index (χ1n) is 30.1. The molecule has 0 aliphatic rings. The van der Waals surface area contributed by atoms with Gasteiger partial charge in [-0.25, -0.2) is 0 Å². The fourth-order valence-corrected chi connectivity index (χ4v) is 8.67. The van der Waals surface area contributed by atoms with Crippen LogP contribution in [0.4, 0.5) is 0 Å². The minimum Gasteiger partial charge on any atom is -0.462 e. The van der Waals surface area contributed by atoms with E-state index in [2.05, 4.69) is 98.9 Å². The predicted octanol–water partition coefficient (Wildman–Crippen LogP) is 20.5. The number of unbranched alkanes of at least 4 members (excludes halogenated alkanes) is 33. The van der Waals surface area contributed by atoms with Crippen LogP contribution in [0, 0.1) is 0 Å². The third-order valence-corrected chi connectivity index (χ3v) is 13.2. The maximum Gasteiger partial charge on any atom is 0.306 e. The minimum atomic E-state index is -0.785. The van der Waals surface area contributed by atoms with Gasteiger partial charge in [0, 0.05) is 12.8 Å². The minimum absolute atomic E-state index is 0.0735. The first-order valence-corrected chi connectivity index (χ1v) is 30.1. The van der Waals surface area contributed by atoms with Crippen LogP contribution in [-0.4, -0.2) is 36.4 Å². The van der Waals surface area contributed by atoms with Crippen molar-refractivity contribution in [2.45, 2.75) is 302 Å². The van der Waals surface area contributed by atoms with Gasteiger partial charge in [0.2, 0.25) is 0 Å². The van der Waals surface area contributed by atoms with Crippen molar-refractivity contribution in [3.8, 4) is 0 Å². The zero-order valence-corrected chi connectivity index (χ0v) is 46.3. The van der Waals surface area contributed by atoms with Gasteiger partial charge in [0.15, 0.2) is 6.10 Å². The highest BCUT2D eigenvalue weighted by atomic mass is 16.6. The number of rotatable bonds is 55. The van der Waals surface area contributed by atoms with Crippen LogP contribution in [0.3, 0.4) is 0 Å². The van der Waals surface area contributed by atoms with Gasteiger partial charge in [0.05, 0.1) is 6.61 Å². The van der Waals surface area contributed by atoms with Gasteiger partial charge >= 0.3 is 11.9 Å². The molecule has 404 valence electrons. The second kappa shape index (κ2) is 60.4. The van der Waals surface area contributed by atoms with E-state index in [4.69, 9.17) is 9.47 Å². The summed E-state index contributed by atoms with van der Waals surface area (Å²) in [7, 11) is 0. The Balaban J connectivity index is 3.49. The standard InChI is InChI=1S/C65H114O5/c1-3-5-7-9-11-13-15-17-19-21-23-25-27-29-30-31-32-33-34-36-37-39-41-43-45-47-49-51-53-55-57-59-64(67)69-62-63(61-66)70-65(68)60-58-56-54-52-50-48-46-44-42-40-38-35-28-26-24-22-20-18-16-14-12-10-8-6-4-2/h6,8,12,14,18,20-21,23-24,26,35,38,42,44,63,66H,3-5,7,9-11,13,15-17,19,22,25,27-34,36-37,39-41,43,45-62H2,1-2H3/b8-6-,14-12-,20-18-,23-21-,26-24-,38-35-,44-42-. The summed E-state index contributed by atoms with van der Waals surface area (Å²) >= 11 is 0. The summed E-state index contributed by atoms with van der Waals surface area (Å²) in [5.74, 6) is -0.601. The molecule has 0 aromatic heterocycles. The molecule has 1 N–H and O–H groups in total. The van der Waals surface area contributed by atoms with E-state index >= 15 is 0 Å². The SMILES string of the molecule is CC/C=C\C/C=C\C/C=C\C/C=C\C/C=C\C/C=C\CCCCCCCCC(=O)OC(CO)COC(=O)CCCCCCCCCCCCCCCCCCCCC/C=C\CCCCCCCCCC.